The number of anilines is 1. The average Bonchev–Trinajstić information content (AvgIpc) is 3.09. The number of furan rings is 1. The Morgan fingerprint density at radius 2 is 1.90 bits per heavy atom. The summed E-state index contributed by atoms with van der Waals surface area (Å²) in [6.45, 7) is 2.83. The molecule has 148 valence electrons. The molecule has 2 aromatic carbocycles. The first-order valence-corrected chi connectivity index (χ1v) is 8.97. The van der Waals surface area contributed by atoms with Crippen molar-refractivity contribution in [1.29, 1.82) is 0 Å². The van der Waals surface area contributed by atoms with Crippen molar-refractivity contribution in [3.8, 4) is 11.1 Å². The summed E-state index contributed by atoms with van der Waals surface area (Å²) in [6.07, 6.45) is 0. The van der Waals surface area contributed by atoms with Gasteiger partial charge in [-0.3, -0.25) is 10.1 Å². The van der Waals surface area contributed by atoms with Crippen LogP contribution in [0.2, 0.25) is 0 Å². The Kier molecular flexibility index (Phi) is 4.77. The number of nitro benzene ring substituents is 1. The normalized spacial score (nSPS) is 11.2. The van der Waals surface area contributed by atoms with E-state index in [2.05, 4.69) is 5.32 Å². The molecule has 0 aliphatic carbocycles. The van der Waals surface area contributed by atoms with E-state index in [0.29, 0.717) is 46.7 Å². The van der Waals surface area contributed by atoms with Crippen LogP contribution in [-0.2, 0) is 4.74 Å². The Bertz CT molecular complexity index is 1270. The maximum Gasteiger partial charge on any atom is 0.348 e. The highest BCUT2D eigenvalue weighted by atomic mass is 16.6. The van der Waals surface area contributed by atoms with Crippen molar-refractivity contribution in [2.24, 2.45) is 0 Å². The highest BCUT2D eigenvalue weighted by molar-refractivity contribution is 6.09. The summed E-state index contributed by atoms with van der Waals surface area (Å²) in [5.41, 5.74) is 2.37. The molecule has 0 saturated carbocycles. The van der Waals surface area contributed by atoms with E-state index in [1.807, 2.05) is 19.1 Å². The van der Waals surface area contributed by atoms with E-state index in [1.165, 1.54) is 12.1 Å². The molecule has 0 amide bonds. The third kappa shape index (κ3) is 3.34. The van der Waals surface area contributed by atoms with Gasteiger partial charge in [-0.05, 0) is 36.8 Å². The number of fused-ring (bicyclic) bond motifs is 3. The summed E-state index contributed by atoms with van der Waals surface area (Å²) < 4.78 is 16.7. The van der Waals surface area contributed by atoms with E-state index >= 15 is 0 Å². The van der Waals surface area contributed by atoms with Gasteiger partial charge in [0.05, 0.1) is 22.5 Å². The third-order valence-electron chi connectivity index (χ3n) is 4.65. The largest absolute Gasteiger partial charge is 0.439 e. The molecule has 8 nitrogen and oxygen atoms in total. The maximum atomic E-state index is 12.8. The summed E-state index contributed by atoms with van der Waals surface area (Å²) in [7, 11) is 1.59. The summed E-state index contributed by atoms with van der Waals surface area (Å²) >= 11 is 0. The first-order chi connectivity index (χ1) is 14.0. The van der Waals surface area contributed by atoms with Crippen LogP contribution in [0.3, 0.4) is 0 Å². The molecule has 0 radical (unpaired) electrons. The lowest BCUT2D eigenvalue weighted by Crippen LogP contribution is -2.07. The number of ether oxygens (including phenoxy) is 1. The number of hydrogen-bond acceptors (Lipinski definition) is 7. The van der Waals surface area contributed by atoms with E-state index in [-0.39, 0.29) is 11.1 Å². The molecule has 0 spiro atoms. The first-order valence-electron chi connectivity index (χ1n) is 8.97. The predicted octanol–water partition coefficient (Wildman–Crippen LogP) is 4.48. The molecule has 0 atom stereocenters. The molecule has 0 saturated heterocycles. The van der Waals surface area contributed by atoms with Gasteiger partial charge in [-0.1, -0.05) is 11.6 Å². The fourth-order valence-electron chi connectivity index (χ4n) is 3.29. The van der Waals surface area contributed by atoms with E-state index in [1.54, 1.807) is 25.3 Å². The van der Waals surface area contributed by atoms with Gasteiger partial charge in [-0.2, -0.15) is 0 Å². The minimum absolute atomic E-state index is 0.0384. The number of nitrogens with zero attached hydrogens (tertiary/aromatic N) is 1. The lowest BCUT2D eigenvalue weighted by Gasteiger charge is -2.05. The maximum absolute atomic E-state index is 12.8. The molecule has 0 unspecified atom stereocenters. The van der Waals surface area contributed by atoms with Gasteiger partial charge in [0.25, 0.3) is 5.69 Å². The molecular weight excluding hydrogens is 376 g/mol. The molecule has 0 aliphatic rings. The zero-order valence-electron chi connectivity index (χ0n) is 15.9. The van der Waals surface area contributed by atoms with Gasteiger partial charge >= 0.3 is 5.63 Å². The fraction of sp³-hybridized carbons (Fsp3) is 0.190. The second-order valence-corrected chi connectivity index (χ2v) is 6.62. The number of nitro groups is 1. The number of benzene rings is 2. The van der Waals surface area contributed by atoms with E-state index in [9.17, 15) is 14.9 Å². The Hall–Kier alpha value is -3.65. The highest BCUT2D eigenvalue weighted by Gasteiger charge is 2.23. The van der Waals surface area contributed by atoms with Crippen LogP contribution in [0.4, 0.5) is 11.6 Å². The molecule has 4 aromatic rings. The second-order valence-electron chi connectivity index (χ2n) is 6.62. The topological polar surface area (TPSA) is 108 Å². The molecule has 2 heterocycles. The van der Waals surface area contributed by atoms with Crippen LogP contribution in [0.25, 0.3) is 33.1 Å². The van der Waals surface area contributed by atoms with Crippen LogP contribution in [0.1, 0.15) is 5.56 Å². The minimum Gasteiger partial charge on any atom is -0.439 e. The Labute approximate surface area is 164 Å². The summed E-state index contributed by atoms with van der Waals surface area (Å²) in [6, 6.07) is 11.4. The molecule has 0 fully saturated rings. The molecule has 4 rings (SSSR count). The summed E-state index contributed by atoms with van der Waals surface area (Å²) in [5.74, 6) is 0.382. The Morgan fingerprint density at radius 1 is 1.14 bits per heavy atom. The van der Waals surface area contributed by atoms with Gasteiger partial charge in [-0.25, -0.2) is 4.79 Å². The van der Waals surface area contributed by atoms with Gasteiger partial charge in [-0.15, -0.1) is 0 Å². The number of non-ortho nitro benzene ring substituents is 1. The quantitative estimate of drug-likeness (QED) is 0.222. The SMILES string of the molecule is COCCNc1oc2c(c1-c1ccc([N+](=O)[O-])cc1)c(=O)oc1ccc(C)cc12. The molecule has 29 heavy (non-hydrogen) atoms. The van der Waals surface area contributed by atoms with Gasteiger partial charge in [0.2, 0.25) is 5.88 Å². The molecule has 1 N–H and O–H groups in total. The summed E-state index contributed by atoms with van der Waals surface area (Å²) in [5, 5.41) is 15.1. The number of hydrogen-bond donors (Lipinski definition) is 1. The van der Waals surface area contributed by atoms with Crippen LogP contribution in [0, 0.1) is 17.0 Å². The average molecular weight is 394 g/mol. The van der Waals surface area contributed by atoms with Gasteiger partial charge in [0.15, 0.2) is 5.58 Å². The van der Waals surface area contributed by atoms with Crippen LogP contribution in [-0.4, -0.2) is 25.2 Å². The van der Waals surface area contributed by atoms with E-state index in [0.717, 1.165) is 5.56 Å². The minimum atomic E-state index is -0.534. The molecule has 0 bridgehead atoms. The monoisotopic (exact) mass is 394 g/mol. The van der Waals surface area contributed by atoms with E-state index < -0.39 is 10.5 Å². The van der Waals surface area contributed by atoms with Crippen LogP contribution < -0.4 is 10.9 Å². The number of methoxy groups -OCH3 is 1. The van der Waals surface area contributed by atoms with Crippen molar-refractivity contribution in [3.63, 3.8) is 0 Å². The zero-order valence-corrected chi connectivity index (χ0v) is 15.9. The van der Waals surface area contributed by atoms with Crippen molar-refractivity contribution < 1.29 is 18.5 Å². The fourth-order valence-corrected chi connectivity index (χ4v) is 3.29. The van der Waals surface area contributed by atoms with Crippen LogP contribution in [0.5, 0.6) is 0 Å². The lowest BCUT2D eigenvalue weighted by atomic mass is 10.0. The van der Waals surface area contributed by atoms with Gasteiger partial charge in [0, 0.05) is 25.8 Å². The Balaban J connectivity index is 2.00. The molecule has 2 aromatic heterocycles. The summed E-state index contributed by atoms with van der Waals surface area (Å²) in [4.78, 5) is 23.3. The smallest absolute Gasteiger partial charge is 0.348 e. The van der Waals surface area contributed by atoms with Gasteiger partial charge in [0.1, 0.15) is 11.0 Å². The van der Waals surface area contributed by atoms with Crippen molar-refractivity contribution in [2.45, 2.75) is 6.92 Å². The highest BCUT2D eigenvalue weighted by Crippen LogP contribution is 2.40. The molecule has 0 aliphatic heterocycles. The van der Waals surface area contributed by atoms with Crippen molar-refractivity contribution in [2.75, 3.05) is 25.6 Å². The number of nitrogens with one attached hydrogen (secondary N) is 1. The predicted molar refractivity (Wildman–Crippen MR) is 109 cm³/mol. The third-order valence-corrected chi connectivity index (χ3v) is 4.65. The second kappa shape index (κ2) is 7.40. The number of aryl methyl sites for hydroxylation is 1. The van der Waals surface area contributed by atoms with Crippen LogP contribution >= 0.6 is 0 Å². The number of rotatable bonds is 6. The van der Waals surface area contributed by atoms with Gasteiger partial charge < -0.3 is 18.9 Å². The standard InChI is InChI=1S/C21H18N2O6/c1-12-3-8-16-15(11-12)19-18(21(24)28-16)17(20(29-19)22-9-10-27-2)13-4-6-14(7-5-13)23(25)26/h3-8,11,22H,9-10H2,1-2H3. The van der Waals surface area contributed by atoms with Crippen molar-refractivity contribution in [1.82, 2.24) is 0 Å². The zero-order chi connectivity index (χ0) is 20.5. The van der Waals surface area contributed by atoms with Crippen molar-refractivity contribution >= 4 is 33.5 Å². The molecular formula is C21H18N2O6. The molecule has 8 heteroatoms. The first kappa shape index (κ1) is 18.7. The van der Waals surface area contributed by atoms with E-state index in [4.69, 9.17) is 13.6 Å². The van der Waals surface area contributed by atoms with Crippen LogP contribution in [0.15, 0.2) is 56.1 Å². The van der Waals surface area contributed by atoms with Crippen molar-refractivity contribution in [3.05, 3.63) is 68.6 Å². The Morgan fingerprint density at radius 3 is 2.59 bits per heavy atom. The lowest BCUT2D eigenvalue weighted by molar-refractivity contribution is -0.384.